The zero-order valence-electron chi connectivity index (χ0n) is 11.2. The Morgan fingerprint density at radius 1 is 1.37 bits per heavy atom. The average molecular weight is 262 g/mol. The summed E-state index contributed by atoms with van der Waals surface area (Å²) in [5.41, 5.74) is 7.16. The van der Waals surface area contributed by atoms with Crippen LogP contribution < -0.4 is 5.73 Å². The minimum absolute atomic E-state index is 0.350. The van der Waals surface area contributed by atoms with Gasteiger partial charge in [0.1, 0.15) is 0 Å². The molecule has 0 radical (unpaired) electrons. The molecule has 1 unspecified atom stereocenters. The van der Waals surface area contributed by atoms with E-state index in [1.165, 1.54) is 18.4 Å². The molecule has 19 heavy (non-hydrogen) atoms. The molecule has 0 aliphatic carbocycles. The van der Waals surface area contributed by atoms with E-state index in [2.05, 4.69) is 4.90 Å². The Balaban J connectivity index is 1.91. The maximum Gasteiger partial charge on any atom is 0.335 e. The molecule has 1 heterocycles. The van der Waals surface area contributed by atoms with Gasteiger partial charge >= 0.3 is 5.97 Å². The Kier molecular flexibility index (Phi) is 4.93. The molecule has 1 saturated heterocycles. The average Bonchev–Trinajstić information content (AvgIpc) is 2.40. The number of aromatic carboxylic acids is 1. The van der Waals surface area contributed by atoms with Crippen LogP contribution in [0, 0.1) is 5.92 Å². The van der Waals surface area contributed by atoms with E-state index in [1.807, 2.05) is 12.1 Å². The Morgan fingerprint density at radius 2 is 2.11 bits per heavy atom. The summed E-state index contributed by atoms with van der Waals surface area (Å²) in [5.74, 6) is -0.149. The number of piperidine rings is 1. The molecule has 1 aromatic carbocycles. The number of carboxylic acid groups (broad SMARTS) is 1. The van der Waals surface area contributed by atoms with Gasteiger partial charge in [0.15, 0.2) is 0 Å². The van der Waals surface area contributed by atoms with Crippen molar-refractivity contribution in [3.8, 4) is 0 Å². The third-order valence-corrected chi connectivity index (χ3v) is 3.79. The number of likely N-dealkylation sites (tertiary alicyclic amines) is 1. The van der Waals surface area contributed by atoms with Crippen LogP contribution in [0.15, 0.2) is 24.3 Å². The number of benzene rings is 1. The molecule has 0 bridgehead atoms. The molecule has 0 amide bonds. The van der Waals surface area contributed by atoms with E-state index in [4.69, 9.17) is 10.8 Å². The summed E-state index contributed by atoms with van der Waals surface area (Å²) < 4.78 is 0. The molecule has 3 N–H and O–H groups in total. The summed E-state index contributed by atoms with van der Waals surface area (Å²) in [7, 11) is 0. The van der Waals surface area contributed by atoms with Crippen molar-refractivity contribution in [2.75, 3.05) is 19.6 Å². The molecule has 0 aromatic heterocycles. The minimum Gasteiger partial charge on any atom is -0.478 e. The van der Waals surface area contributed by atoms with E-state index in [1.54, 1.807) is 12.1 Å². The summed E-state index contributed by atoms with van der Waals surface area (Å²) >= 11 is 0. The first-order valence-corrected chi connectivity index (χ1v) is 6.93. The summed E-state index contributed by atoms with van der Waals surface area (Å²) in [5, 5.41) is 8.87. The maximum absolute atomic E-state index is 10.8. The summed E-state index contributed by atoms with van der Waals surface area (Å²) in [4.78, 5) is 13.2. The van der Waals surface area contributed by atoms with Crippen molar-refractivity contribution < 1.29 is 9.90 Å². The van der Waals surface area contributed by atoms with Crippen LogP contribution in [0.25, 0.3) is 0 Å². The molecule has 1 aliphatic rings. The highest BCUT2D eigenvalue weighted by Crippen LogP contribution is 2.20. The van der Waals surface area contributed by atoms with Crippen molar-refractivity contribution in [2.45, 2.75) is 25.8 Å². The molecule has 4 heteroatoms. The molecular weight excluding hydrogens is 240 g/mol. The fourth-order valence-corrected chi connectivity index (χ4v) is 2.78. The number of carboxylic acids is 1. The van der Waals surface area contributed by atoms with Gasteiger partial charge in [-0.05, 0) is 56.0 Å². The van der Waals surface area contributed by atoms with Gasteiger partial charge in [-0.25, -0.2) is 4.79 Å². The van der Waals surface area contributed by atoms with Gasteiger partial charge in [0.2, 0.25) is 0 Å². The van der Waals surface area contributed by atoms with E-state index in [-0.39, 0.29) is 0 Å². The Bertz CT molecular complexity index is 415. The highest BCUT2D eigenvalue weighted by Gasteiger charge is 2.19. The van der Waals surface area contributed by atoms with Gasteiger partial charge in [0.25, 0.3) is 0 Å². The lowest BCUT2D eigenvalue weighted by molar-refractivity contribution is 0.0697. The SMILES string of the molecule is NCCC1CCCN(Cc2ccc(C(=O)O)cc2)C1. The van der Waals surface area contributed by atoms with E-state index >= 15 is 0 Å². The summed E-state index contributed by atoms with van der Waals surface area (Å²) in [6, 6.07) is 7.18. The van der Waals surface area contributed by atoms with Crippen LogP contribution in [0.2, 0.25) is 0 Å². The largest absolute Gasteiger partial charge is 0.478 e. The number of carbonyl (C=O) groups is 1. The quantitative estimate of drug-likeness (QED) is 0.851. The highest BCUT2D eigenvalue weighted by molar-refractivity contribution is 5.87. The second-order valence-corrected chi connectivity index (χ2v) is 5.32. The topological polar surface area (TPSA) is 66.6 Å². The Hall–Kier alpha value is -1.39. The van der Waals surface area contributed by atoms with E-state index in [9.17, 15) is 4.79 Å². The molecule has 0 saturated carbocycles. The van der Waals surface area contributed by atoms with Crippen molar-refractivity contribution in [2.24, 2.45) is 11.7 Å². The van der Waals surface area contributed by atoms with Crippen molar-refractivity contribution >= 4 is 5.97 Å². The number of nitrogens with zero attached hydrogens (tertiary/aromatic N) is 1. The zero-order valence-corrected chi connectivity index (χ0v) is 11.2. The fourth-order valence-electron chi connectivity index (χ4n) is 2.78. The molecule has 1 atom stereocenters. The first-order valence-electron chi connectivity index (χ1n) is 6.93. The Morgan fingerprint density at radius 3 is 2.74 bits per heavy atom. The molecule has 104 valence electrons. The smallest absolute Gasteiger partial charge is 0.335 e. The normalized spacial score (nSPS) is 20.4. The predicted octanol–water partition coefficient (Wildman–Crippen LogP) is 1.95. The van der Waals surface area contributed by atoms with E-state index < -0.39 is 5.97 Å². The van der Waals surface area contributed by atoms with Crippen LogP contribution in [-0.4, -0.2) is 35.6 Å². The van der Waals surface area contributed by atoms with Gasteiger partial charge < -0.3 is 10.8 Å². The number of nitrogens with two attached hydrogens (primary N) is 1. The number of hydrogen-bond donors (Lipinski definition) is 2. The predicted molar refractivity (Wildman–Crippen MR) is 75.1 cm³/mol. The van der Waals surface area contributed by atoms with Gasteiger partial charge in [-0.2, -0.15) is 0 Å². The second kappa shape index (κ2) is 6.68. The van der Waals surface area contributed by atoms with Gasteiger partial charge in [-0.3, -0.25) is 4.90 Å². The first-order chi connectivity index (χ1) is 9.19. The maximum atomic E-state index is 10.8. The summed E-state index contributed by atoms with van der Waals surface area (Å²) in [6.07, 6.45) is 3.62. The van der Waals surface area contributed by atoms with Crippen LogP contribution in [0.4, 0.5) is 0 Å². The molecular formula is C15H22N2O2. The molecule has 1 aliphatic heterocycles. The van der Waals surface area contributed by atoms with Gasteiger partial charge in [0, 0.05) is 13.1 Å². The second-order valence-electron chi connectivity index (χ2n) is 5.32. The monoisotopic (exact) mass is 262 g/mol. The Labute approximate surface area is 114 Å². The van der Waals surface area contributed by atoms with Crippen LogP contribution in [-0.2, 0) is 6.54 Å². The minimum atomic E-state index is -0.868. The van der Waals surface area contributed by atoms with Gasteiger partial charge in [-0.1, -0.05) is 12.1 Å². The lowest BCUT2D eigenvalue weighted by atomic mass is 9.94. The molecule has 2 rings (SSSR count). The standard InChI is InChI=1S/C15H22N2O2/c16-8-7-12-2-1-9-17(10-12)11-13-3-5-14(6-4-13)15(18)19/h3-6,12H,1-2,7-11,16H2,(H,18,19). The third-order valence-electron chi connectivity index (χ3n) is 3.79. The summed E-state index contributed by atoms with van der Waals surface area (Å²) in [6.45, 7) is 3.91. The van der Waals surface area contributed by atoms with Crippen molar-refractivity contribution in [1.82, 2.24) is 4.90 Å². The lowest BCUT2D eigenvalue weighted by Crippen LogP contribution is -2.35. The van der Waals surface area contributed by atoms with E-state index in [0.717, 1.165) is 38.5 Å². The van der Waals surface area contributed by atoms with Crippen molar-refractivity contribution in [1.29, 1.82) is 0 Å². The fraction of sp³-hybridized carbons (Fsp3) is 0.533. The number of hydrogen-bond acceptors (Lipinski definition) is 3. The van der Waals surface area contributed by atoms with E-state index in [0.29, 0.717) is 5.56 Å². The van der Waals surface area contributed by atoms with Crippen molar-refractivity contribution in [3.63, 3.8) is 0 Å². The molecule has 1 aromatic rings. The molecule has 4 nitrogen and oxygen atoms in total. The first kappa shape index (κ1) is 14.0. The van der Waals surface area contributed by atoms with Gasteiger partial charge in [0.05, 0.1) is 5.56 Å². The van der Waals surface area contributed by atoms with Gasteiger partial charge in [-0.15, -0.1) is 0 Å². The molecule has 0 spiro atoms. The lowest BCUT2D eigenvalue weighted by Gasteiger charge is -2.32. The zero-order chi connectivity index (χ0) is 13.7. The van der Waals surface area contributed by atoms with Crippen LogP contribution >= 0.6 is 0 Å². The highest BCUT2D eigenvalue weighted by atomic mass is 16.4. The molecule has 1 fully saturated rings. The number of rotatable bonds is 5. The van der Waals surface area contributed by atoms with Crippen molar-refractivity contribution in [3.05, 3.63) is 35.4 Å². The third kappa shape index (κ3) is 4.04. The van der Waals surface area contributed by atoms with Crippen LogP contribution in [0.3, 0.4) is 0 Å². The van der Waals surface area contributed by atoms with Crippen LogP contribution in [0.5, 0.6) is 0 Å². The van der Waals surface area contributed by atoms with Crippen LogP contribution in [0.1, 0.15) is 35.2 Å².